The first-order chi connectivity index (χ1) is 9.76. The van der Waals surface area contributed by atoms with E-state index in [0.29, 0.717) is 18.5 Å². The number of fused-ring (bicyclic) bond motifs is 1. The van der Waals surface area contributed by atoms with E-state index in [1.165, 1.54) is 25.7 Å². The molecule has 0 aromatic carbocycles. The third-order valence-electron chi connectivity index (χ3n) is 4.52. The number of halogens is 2. The van der Waals surface area contributed by atoms with Crippen LogP contribution in [0.1, 0.15) is 49.7 Å². The van der Waals surface area contributed by atoms with E-state index in [-0.39, 0.29) is 36.8 Å². The predicted octanol–water partition coefficient (Wildman–Crippen LogP) is 3.09. The molecule has 2 N–H and O–H groups in total. The zero-order valence-corrected chi connectivity index (χ0v) is 15.3. The normalized spacial score (nSPS) is 26.5. The first kappa shape index (κ1) is 19.7. The Morgan fingerprint density at radius 1 is 1.41 bits per heavy atom. The van der Waals surface area contributed by atoms with Gasteiger partial charge in [0.1, 0.15) is 0 Å². The highest BCUT2D eigenvalue weighted by Gasteiger charge is 2.37. The molecule has 3 unspecified atom stereocenters. The molecular formula is C15H25Cl2N3OS. The maximum absolute atomic E-state index is 12.2. The Hall–Kier alpha value is -0.360. The number of hydrogen-bond donors (Lipinski definition) is 2. The summed E-state index contributed by atoms with van der Waals surface area (Å²) in [6.07, 6.45) is 7.13. The summed E-state index contributed by atoms with van der Waals surface area (Å²) in [5.74, 6) is 0.857. The zero-order chi connectivity index (χ0) is 13.9. The Balaban J connectivity index is 0.00000121. The molecule has 7 heteroatoms. The van der Waals surface area contributed by atoms with Crippen molar-refractivity contribution in [1.29, 1.82) is 0 Å². The highest BCUT2D eigenvalue weighted by Crippen LogP contribution is 2.33. The molecular weight excluding hydrogens is 341 g/mol. The van der Waals surface area contributed by atoms with Crippen molar-refractivity contribution in [3.05, 3.63) is 16.1 Å². The maximum Gasteiger partial charge on any atom is 0.237 e. The molecule has 2 fully saturated rings. The van der Waals surface area contributed by atoms with Crippen LogP contribution in [0.5, 0.6) is 0 Å². The Morgan fingerprint density at radius 2 is 2.18 bits per heavy atom. The fraction of sp³-hybridized carbons (Fsp3) is 0.733. The summed E-state index contributed by atoms with van der Waals surface area (Å²) < 4.78 is 0. The van der Waals surface area contributed by atoms with Gasteiger partial charge in [0.15, 0.2) is 0 Å². The van der Waals surface area contributed by atoms with Gasteiger partial charge in [-0.15, -0.1) is 36.2 Å². The zero-order valence-electron chi connectivity index (χ0n) is 12.8. The molecule has 1 aliphatic carbocycles. The minimum Gasteiger partial charge on any atom is -0.349 e. The standard InChI is InChI=1S/C15H23N3OS.2ClH/c1-2-14-17-11(9-20-14)8-16-15(19)13-7-10-5-3-4-6-12(10)18-13;;/h9-10,12-13,18H,2-8H2,1H3,(H,16,19);2*1H. The number of nitrogens with one attached hydrogen (secondary N) is 2. The van der Waals surface area contributed by atoms with Crippen LogP contribution in [0.25, 0.3) is 0 Å². The molecule has 4 nitrogen and oxygen atoms in total. The summed E-state index contributed by atoms with van der Waals surface area (Å²) in [4.78, 5) is 16.7. The van der Waals surface area contributed by atoms with E-state index < -0.39 is 0 Å². The first-order valence-corrected chi connectivity index (χ1v) is 8.61. The second kappa shape index (κ2) is 9.06. The fourth-order valence-electron chi connectivity index (χ4n) is 3.41. The quantitative estimate of drug-likeness (QED) is 0.861. The van der Waals surface area contributed by atoms with Gasteiger partial charge in [-0.25, -0.2) is 4.98 Å². The molecule has 0 radical (unpaired) electrons. The smallest absolute Gasteiger partial charge is 0.237 e. The van der Waals surface area contributed by atoms with Gasteiger partial charge in [0, 0.05) is 11.4 Å². The lowest BCUT2D eigenvalue weighted by atomic mass is 9.85. The highest BCUT2D eigenvalue weighted by atomic mass is 35.5. The van der Waals surface area contributed by atoms with Crippen LogP contribution in [0.3, 0.4) is 0 Å². The van der Waals surface area contributed by atoms with Crippen LogP contribution in [0.15, 0.2) is 5.38 Å². The molecule has 1 saturated heterocycles. The lowest BCUT2D eigenvalue weighted by Crippen LogP contribution is -2.42. The summed E-state index contributed by atoms with van der Waals surface area (Å²) in [6, 6.07) is 0.581. The Bertz CT molecular complexity index is 469. The van der Waals surface area contributed by atoms with Gasteiger partial charge in [-0.3, -0.25) is 4.79 Å². The number of aromatic nitrogens is 1. The van der Waals surface area contributed by atoms with Gasteiger partial charge >= 0.3 is 0 Å². The molecule has 22 heavy (non-hydrogen) atoms. The molecule has 1 aliphatic heterocycles. The minimum atomic E-state index is 0. The number of hydrogen-bond acceptors (Lipinski definition) is 4. The van der Waals surface area contributed by atoms with E-state index in [1.807, 2.05) is 5.38 Å². The van der Waals surface area contributed by atoms with Gasteiger partial charge in [0.05, 0.1) is 23.3 Å². The Morgan fingerprint density at radius 3 is 2.86 bits per heavy atom. The van der Waals surface area contributed by atoms with Gasteiger partial charge in [-0.05, 0) is 31.6 Å². The molecule has 3 atom stereocenters. The molecule has 2 aliphatic rings. The van der Waals surface area contributed by atoms with Gasteiger partial charge < -0.3 is 10.6 Å². The van der Waals surface area contributed by atoms with E-state index in [1.54, 1.807) is 11.3 Å². The molecule has 3 rings (SSSR count). The number of carbonyl (C=O) groups excluding carboxylic acids is 1. The lowest BCUT2D eigenvalue weighted by Gasteiger charge is -2.24. The number of thiazole rings is 1. The van der Waals surface area contributed by atoms with Crippen molar-refractivity contribution in [2.24, 2.45) is 5.92 Å². The van der Waals surface area contributed by atoms with Crippen LogP contribution in [0, 0.1) is 5.92 Å². The first-order valence-electron chi connectivity index (χ1n) is 7.73. The van der Waals surface area contributed by atoms with E-state index in [4.69, 9.17) is 0 Å². The number of aryl methyl sites for hydroxylation is 1. The van der Waals surface area contributed by atoms with Crippen molar-refractivity contribution in [1.82, 2.24) is 15.6 Å². The molecule has 126 valence electrons. The van der Waals surface area contributed by atoms with Crippen molar-refractivity contribution in [3.63, 3.8) is 0 Å². The monoisotopic (exact) mass is 365 g/mol. The van der Waals surface area contributed by atoms with Crippen LogP contribution < -0.4 is 10.6 Å². The van der Waals surface area contributed by atoms with Crippen LogP contribution in [-0.2, 0) is 17.8 Å². The van der Waals surface area contributed by atoms with Crippen molar-refractivity contribution < 1.29 is 4.79 Å². The van der Waals surface area contributed by atoms with E-state index >= 15 is 0 Å². The largest absolute Gasteiger partial charge is 0.349 e. The molecule has 2 heterocycles. The van der Waals surface area contributed by atoms with Crippen LogP contribution in [0.4, 0.5) is 0 Å². The Labute approximate surface area is 148 Å². The summed E-state index contributed by atoms with van der Waals surface area (Å²) in [5, 5.41) is 9.73. The van der Waals surface area contributed by atoms with Gasteiger partial charge in [-0.1, -0.05) is 19.8 Å². The second-order valence-electron chi connectivity index (χ2n) is 5.91. The van der Waals surface area contributed by atoms with Gasteiger partial charge in [-0.2, -0.15) is 0 Å². The Kier molecular flexibility index (Phi) is 8.11. The van der Waals surface area contributed by atoms with E-state index in [2.05, 4.69) is 22.5 Å². The fourth-order valence-corrected chi connectivity index (χ4v) is 4.16. The summed E-state index contributed by atoms with van der Waals surface area (Å²) >= 11 is 1.67. The number of rotatable bonds is 4. The summed E-state index contributed by atoms with van der Waals surface area (Å²) in [5.41, 5.74) is 0.982. The van der Waals surface area contributed by atoms with Crippen LogP contribution in [0.2, 0.25) is 0 Å². The van der Waals surface area contributed by atoms with Crippen molar-refractivity contribution in [2.75, 3.05) is 0 Å². The topological polar surface area (TPSA) is 54.0 Å². The average Bonchev–Trinajstić information content (AvgIpc) is 3.10. The molecule has 1 saturated carbocycles. The molecule has 0 spiro atoms. The molecule has 0 bridgehead atoms. The second-order valence-corrected chi connectivity index (χ2v) is 6.85. The van der Waals surface area contributed by atoms with E-state index in [0.717, 1.165) is 23.5 Å². The molecule has 1 aromatic rings. The molecule has 1 amide bonds. The third kappa shape index (κ3) is 4.57. The maximum atomic E-state index is 12.2. The average molecular weight is 366 g/mol. The van der Waals surface area contributed by atoms with Crippen molar-refractivity contribution in [3.8, 4) is 0 Å². The van der Waals surface area contributed by atoms with E-state index in [9.17, 15) is 4.79 Å². The highest BCUT2D eigenvalue weighted by molar-refractivity contribution is 7.09. The minimum absolute atomic E-state index is 0. The molecule has 1 aromatic heterocycles. The van der Waals surface area contributed by atoms with Crippen LogP contribution in [-0.4, -0.2) is 23.0 Å². The SMILES string of the molecule is CCc1nc(CNC(=O)C2CC3CCCCC3N2)cs1.Cl.Cl. The lowest BCUT2D eigenvalue weighted by molar-refractivity contribution is -0.123. The van der Waals surface area contributed by atoms with Crippen LogP contribution >= 0.6 is 36.2 Å². The summed E-state index contributed by atoms with van der Waals surface area (Å²) in [6.45, 7) is 2.66. The predicted molar refractivity (Wildman–Crippen MR) is 95.1 cm³/mol. The number of amides is 1. The number of carbonyl (C=O) groups is 1. The van der Waals surface area contributed by atoms with Gasteiger partial charge in [0.25, 0.3) is 0 Å². The third-order valence-corrected chi connectivity index (χ3v) is 5.57. The van der Waals surface area contributed by atoms with Crippen molar-refractivity contribution >= 4 is 42.1 Å². The number of nitrogens with zero attached hydrogens (tertiary/aromatic N) is 1. The van der Waals surface area contributed by atoms with Gasteiger partial charge in [0.2, 0.25) is 5.91 Å². The van der Waals surface area contributed by atoms with Crippen molar-refractivity contribution in [2.45, 2.75) is 64.1 Å². The summed E-state index contributed by atoms with van der Waals surface area (Å²) in [7, 11) is 0.